The molecule has 3 rings (SSSR count). The van der Waals surface area contributed by atoms with E-state index < -0.39 is 4.92 Å². The van der Waals surface area contributed by atoms with Gasteiger partial charge in [-0.3, -0.25) is 14.9 Å². The van der Waals surface area contributed by atoms with Crippen LogP contribution in [-0.2, 0) is 4.79 Å². The van der Waals surface area contributed by atoms with E-state index >= 15 is 0 Å². The number of fused-ring (bicyclic) bond motifs is 1. The molecule has 2 aromatic carbocycles. The fourth-order valence-corrected chi connectivity index (χ4v) is 2.05. The van der Waals surface area contributed by atoms with Gasteiger partial charge in [0.15, 0.2) is 0 Å². The van der Waals surface area contributed by atoms with Crippen LogP contribution in [-0.4, -0.2) is 21.6 Å². The topological polar surface area (TPSA) is 105 Å². The third-order valence-corrected chi connectivity index (χ3v) is 3.05. The van der Waals surface area contributed by atoms with Crippen molar-refractivity contribution in [3.8, 4) is 5.75 Å². The molecule has 0 saturated carbocycles. The zero-order valence-corrected chi connectivity index (χ0v) is 10.6. The summed E-state index contributed by atoms with van der Waals surface area (Å²) < 4.78 is 0. The van der Waals surface area contributed by atoms with Gasteiger partial charge in [0.2, 0.25) is 0 Å². The maximum absolute atomic E-state index is 11.9. The van der Waals surface area contributed by atoms with Crippen LogP contribution in [0.4, 0.5) is 17.1 Å². The second kappa shape index (κ2) is 4.71. The fourth-order valence-electron chi connectivity index (χ4n) is 2.05. The number of hydrogen-bond donors (Lipinski definition) is 2. The van der Waals surface area contributed by atoms with Crippen molar-refractivity contribution in [3.63, 3.8) is 0 Å². The molecule has 0 bridgehead atoms. The van der Waals surface area contributed by atoms with Crippen molar-refractivity contribution in [2.45, 2.75) is 0 Å². The number of nitro benzene ring substituents is 1. The largest absolute Gasteiger partial charge is 0.505 e. The van der Waals surface area contributed by atoms with E-state index in [1.807, 2.05) is 0 Å². The monoisotopic (exact) mass is 283 g/mol. The molecule has 0 atom stereocenters. The van der Waals surface area contributed by atoms with Gasteiger partial charge in [0.05, 0.1) is 16.7 Å². The summed E-state index contributed by atoms with van der Waals surface area (Å²) in [6.07, 6.45) is 0. The third kappa shape index (κ3) is 2.20. The quantitative estimate of drug-likeness (QED) is 0.652. The van der Waals surface area contributed by atoms with Gasteiger partial charge in [-0.15, -0.1) is 0 Å². The number of para-hydroxylation sites is 1. The van der Waals surface area contributed by atoms with Gasteiger partial charge in [-0.05, 0) is 12.1 Å². The highest BCUT2D eigenvalue weighted by Gasteiger charge is 2.25. The van der Waals surface area contributed by atoms with Crippen molar-refractivity contribution in [2.75, 3.05) is 5.32 Å². The predicted molar refractivity (Wildman–Crippen MR) is 76.0 cm³/mol. The number of nitrogens with zero attached hydrogens (tertiary/aromatic N) is 2. The van der Waals surface area contributed by atoms with Gasteiger partial charge >= 0.3 is 0 Å². The number of aromatic hydroxyl groups is 1. The van der Waals surface area contributed by atoms with Gasteiger partial charge in [-0.2, -0.15) is 0 Å². The first-order valence-electron chi connectivity index (χ1n) is 6.03. The Kier molecular flexibility index (Phi) is 2.87. The first-order valence-corrected chi connectivity index (χ1v) is 6.03. The number of carbonyl (C=O) groups excluding carboxylic acids is 1. The molecule has 104 valence electrons. The lowest BCUT2D eigenvalue weighted by Crippen LogP contribution is -2.13. The van der Waals surface area contributed by atoms with Crippen molar-refractivity contribution in [3.05, 3.63) is 58.1 Å². The predicted octanol–water partition coefficient (Wildman–Crippen LogP) is 2.37. The summed E-state index contributed by atoms with van der Waals surface area (Å²) in [4.78, 5) is 26.0. The Morgan fingerprint density at radius 3 is 2.67 bits per heavy atom. The molecule has 7 nitrogen and oxygen atoms in total. The molecule has 0 spiro atoms. The number of carbonyl (C=O) groups is 1. The molecule has 2 N–H and O–H groups in total. The van der Waals surface area contributed by atoms with Crippen LogP contribution < -0.4 is 5.32 Å². The van der Waals surface area contributed by atoms with Crippen LogP contribution in [0.25, 0.3) is 0 Å². The fraction of sp³-hybridized carbons (Fsp3) is 0. The SMILES string of the molecule is O=C1Nc2ccccc2C1=Nc1ccc([N+](=O)[O-])cc1O. The van der Waals surface area contributed by atoms with Crippen LogP contribution in [0.5, 0.6) is 5.75 Å². The lowest BCUT2D eigenvalue weighted by Gasteiger charge is -2.00. The molecule has 21 heavy (non-hydrogen) atoms. The Morgan fingerprint density at radius 2 is 1.95 bits per heavy atom. The van der Waals surface area contributed by atoms with Gasteiger partial charge in [0.25, 0.3) is 11.6 Å². The molecule has 0 aliphatic carbocycles. The standard InChI is InChI=1S/C14H9N3O4/c18-12-7-8(17(20)21)5-6-11(12)15-13-9-3-1-2-4-10(9)16-14(13)19/h1-7,18H,(H,15,16,19). The molecule has 7 heteroatoms. The Hall–Kier alpha value is -3.22. The highest BCUT2D eigenvalue weighted by molar-refractivity contribution is 6.54. The summed E-state index contributed by atoms with van der Waals surface area (Å²) in [5.41, 5.74) is 1.29. The maximum atomic E-state index is 11.9. The van der Waals surface area contributed by atoms with E-state index in [9.17, 15) is 20.0 Å². The highest BCUT2D eigenvalue weighted by Crippen LogP contribution is 2.32. The molecule has 0 aromatic heterocycles. The van der Waals surface area contributed by atoms with Crippen LogP contribution in [0.2, 0.25) is 0 Å². The van der Waals surface area contributed by atoms with E-state index in [0.717, 1.165) is 6.07 Å². The van der Waals surface area contributed by atoms with Gasteiger partial charge in [0, 0.05) is 11.6 Å². The molecule has 1 aliphatic rings. The second-order valence-corrected chi connectivity index (χ2v) is 4.39. The molecule has 0 unspecified atom stereocenters. The van der Waals surface area contributed by atoms with Crippen molar-refractivity contribution < 1.29 is 14.8 Å². The number of aliphatic imine (C=N–C) groups is 1. The van der Waals surface area contributed by atoms with E-state index in [-0.39, 0.29) is 28.7 Å². The number of phenols is 1. The minimum atomic E-state index is -0.617. The van der Waals surface area contributed by atoms with Crippen LogP contribution in [0.3, 0.4) is 0 Å². The highest BCUT2D eigenvalue weighted by atomic mass is 16.6. The molecular formula is C14H9N3O4. The van der Waals surface area contributed by atoms with Crippen molar-refractivity contribution in [1.82, 2.24) is 0 Å². The second-order valence-electron chi connectivity index (χ2n) is 4.39. The summed E-state index contributed by atoms with van der Waals surface area (Å²) in [7, 11) is 0. The Bertz CT molecular complexity index is 799. The van der Waals surface area contributed by atoms with E-state index in [4.69, 9.17) is 0 Å². The average molecular weight is 283 g/mol. The van der Waals surface area contributed by atoms with E-state index in [1.54, 1.807) is 24.3 Å². The molecule has 0 fully saturated rings. The van der Waals surface area contributed by atoms with Crippen molar-refractivity contribution in [1.29, 1.82) is 0 Å². The first kappa shape index (κ1) is 12.8. The van der Waals surface area contributed by atoms with E-state index in [0.29, 0.717) is 11.3 Å². The number of phenolic OH excluding ortho intramolecular Hbond substituents is 1. The lowest BCUT2D eigenvalue weighted by atomic mass is 10.1. The van der Waals surface area contributed by atoms with Gasteiger partial charge in [-0.1, -0.05) is 18.2 Å². The van der Waals surface area contributed by atoms with Crippen LogP contribution in [0.15, 0.2) is 47.5 Å². The number of rotatable bonds is 2. The zero-order valence-electron chi connectivity index (χ0n) is 10.6. The van der Waals surface area contributed by atoms with Crippen LogP contribution >= 0.6 is 0 Å². The summed E-state index contributed by atoms with van der Waals surface area (Å²) in [5, 5.41) is 23.1. The van der Waals surface area contributed by atoms with E-state index in [1.165, 1.54) is 12.1 Å². The number of amides is 1. The average Bonchev–Trinajstić information content (AvgIpc) is 2.77. The molecule has 0 radical (unpaired) electrons. The molecule has 1 amide bonds. The van der Waals surface area contributed by atoms with Gasteiger partial charge in [0.1, 0.15) is 17.1 Å². The number of nitrogens with one attached hydrogen (secondary N) is 1. The zero-order chi connectivity index (χ0) is 15.0. The Balaban J connectivity index is 2.07. The normalized spacial score (nSPS) is 14.9. The number of hydrogen-bond acceptors (Lipinski definition) is 5. The van der Waals surface area contributed by atoms with Crippen molar-refractivity contribution >= 4 is 28.7 Å². The number of benzene rings is 2. The number of anilines is 1. The Morgan fingerprint density at radius 1 is 1.19 bits per heavy atom. The molecule has 2 aromatic rings. The number of nitro groups is 1. The summed E-state index contributed by atoms with van der Waals surface area (Å²) in [6, 6.07) is 10.5. The number of non-ortho nitro benzene ring substituents is 1. The van der Waals surface area contributed by atoms with Gasteiger partial charge < -0.3 is 10.4 Å². The first-order chi connectivity index (χ1) is 10.1. The Labute approximate surface area is 118 Å². The maximum Gasteiger partial charge on any atom is 0.275 e. The molecule has 0 saturated heterocycles. The summed E-state index contributed by atoms with van der Waals surface area (Å²) in [5.74, 6) is -0.733. The molecule has 1 aliphatic heterocycles. The van der Waals surface area contributed by atoms with E-state index in [2.05, 4.69) is 10.3 Å². The minimum absolute atomic E-state index is 0.0995. The molecular weight excluding hydrogens is 274 g/mol. The smallest absolute Gasteiger partial charge is 0.275 e. The van der Waals surface area contributed by atoms with Crippen LogP contribution in [0.1, 0.15) is 5.56 Å². The minimum Gasteiger partial charge on any atom is -0.505 e. The van der Waals surface area contributed by atoms with Gasteiger partial charge in [-0.25, -0.2) is 4.99 Å². The summed E-state index contributed by atoms with van der Waals surface area (Å²) in [6.45, 7) is 0. The lowest BCUT2D eigenvalue weighted by molar-refractivity contribution is -0.384. The summed E-state index contributed by atoms with van der Waals surface area (Å²) >= 11 is 0. The molecule has 1 heterocycles. The third-order valence-electron chi connectivity index (χ3n) is 3.05. The van der Waals surface area contributed by atoms with Crippen molar-refractivity contribution in [2.24, 2.45) is 4.99 Å². The van der Waals surface area contributed by atoms with Crippen LogP contribution in [0, 0.1) is 10.1 Å².